The van der Waals surface area contributed by atoms with Crippen molar-refractivity contribution < 1.29 is 9.53 Å². The van der Waals surface area contributed by atoms with Crippen molar-refractivity contribution in [3.63, 3.8) is 0 Å². The highest BCUT2D eigenvalue weighted by atomic mass is 35.6. The molecular weight excluding hydrogens is 311 g/mol. The second-order valence-electron chi connectivity index (χ2n) is 4.10. The number of carbonyl (C=O) groups excluding carboxylic acids is 1. The fourth-order valence-corrected chi connectivity index (χ4v) is 1.51. The quantitative estimate of drug-likeness (QED) is 0.828. The van der Waals surface area contributed by atoms with Crippen LogP contribution in [0, 0.1) is 0 Å². The van der Waals surface area contributed by atoms with Gasteiger partial charge in [-0.2, -0.15) is 0 Å². The van der Waals surface area contributed by atoms with Crippen LogP contribution in [0.15, 0.2) is 18.3 Å². The number of aromatic nitrogens is 1. The third-order valence-electron chi connectivity index (χ3n) is 2.56. The summed E-state index contributed by atoms with van der Waals surface area (Å²) >= 11 is 16.4. The molecule has 7 heteroatoms. The number of rotatable bonds is 4. The van der Waals surface area contributed by atoms with Crippen LogP contribution in [0.1, 0.15) is 31.7 Å². The maximum atomic E-state index is 11.5. The van der Waals surface area contributed by atoms with Crippen molar-refractivity contribution in [2.45, 2.75) is 30.0 Å². The lowest BCUT2D eigenvalue weighted by molar-refractivity contribution is 0.164. The maximum absolute atomic E-state index is 11.5. The molecule has 0 aliphatic carbocycles. The van der Waals surface area contributed by atoms with Gasteiger partial charge in [-0.25, -0.2) is 9.78 Å². The van der Waals surface area contributed by atoms with Crippen LogP contribution in [0.25, 0.3) is 0 Å². The Kier molecular flexibility index (Phi) is 6.17. The van der Waals surface area contributed by atoms with Crippen molar-refractivity contribution >= 4 is 46.7 Å². The number of hydrogen-bond donors (Lipinski definition) is 1. The molecule has 1 aromatic heterocycles. The summed E-state index contributed by atoms with van der Waals surface area (Å²) in [7, 11) is 0. The fourth-order valence-electron chi connectivity index (χ4n) is 1.35. The van der Waals surface area contributed by atoms with Crippen LogP contribution in [0.5, 0.6) is 0 Å². The van der Waals surface area contributed by atoms with E-state index < -0.39 is 9.89 Å². The molecule has 0 radical (unpaired) electrons. The summed E-state index contributed by atoms with van der Waals surface area (Å²) in [5, 5.41) is 2.49. The molecule has 0 saturated carbocycles. The number of ether oxygens (including phenoxy) is 1. The SMILES string of the molecule is CCC(C)c1ccnc(NC(=O)OCC(Cl)(Cl)Cl)c1. The summed E-state index contributed by atoms with van der Waals surface area (Å²) in [5.74, 6) is 0.799. The van der Waals surface area contributed by atoms with Gasteiger partial charge in [0.05, 0.1) is 0 Å². The van der Waals surface area contributed by atoms with Crippen molar-refractivity contribution in [2.24, 2.45) is 0 Å². The molecule has 0 fully saturated rings. The number of anilines is 1. The Labute approximate surface area is 127 Å². The minimum absolute atomic E-state index is 0.325. The number of pyridine rings is 1. The van der Waals surface area contributed by atoms with Gasteiger partial charge in [0.2, 0.25) is 3.79 Å². The molecule has 19 heavy (non-hydrogen) atoms. The maximum Gasteiger partial charge on any atom is 0.412 e. The van der Waals surface area contributed by atoms with Crippen LogP contribution in [0.2, 0.25) is 0 Å². The molecule has 1 rings (SSSR count). The summed E-state index contributed by atoms with van der Waals surface area (Å²) in [6, 6.07) is 3.71. The molecule has 0 spiro atoms. The predicted molar refractivity (Wildman–Crippen MR) is 78.2 cm³/mol. The van der Waals surface area contributed by atoms with Crippen LogP contribution < -0.4 is 5.32 Å². The van der Waals surface area contributed by atoms with Crippen LogP contribution >= 0.6 is 34.8 Å². The van der Waals surface area contributed by atoms with E-state index in [-0.39, 0.29) is 6.61 Å². The predicted octanol–water partition coefficient (Wildman–Crippen LogP) is 4.51. The first kappa shape index (κ1) is 16.3. The lowest BCUT2D eigenvalue weighted by atomic mass is 10.00. The first-order valence-corrected chi connectivity index (χ1v) is 6.91. The molecule has 1 atom stereocenters. The average Bonchev–Trinajstić information content (AvgIpc) is 2.35. The molecule has 0 saturated heterocycles. The number of nitrogens with one attached hydrogen (secondary N) is 1. The molecule has 1 heterocycles. The second kappa shape index (κ2) is 7.17. The molecule has 106 valence electrons. The Balaban J connectivity index is 2.59. The highest BCUT2D eigenvalue weighted by molar-refractivity contribution is 6.67. The summed E-state index contributed by atoms with van der Waals surface area (Å²) in [6.07, 6.45) is 1.92. The van der Waals surface area contributed by atoms with E-state index in [1.54, 1.807) is 12.3 Å². The molecular formula is C12H15Cl3N2O2. The van der Waals surface area contributed by atoms with Crippen molar-refractivity contribution in [3.05, 3.63) is 23.9 Å². The molecule has 1 aromatic rings. The summed E-state index contributed by atoms with van der Waals surface area (Å²) < 4.78 is 3.13. The number of halogens is 3. The third kappa shape index (κ3) is 6.32. The highest BCUT2D eigenvalue weighted by Gasteiger charge is 2.22. The minimum Gasteiger partial charge on any atom is -0.445 e. The summed E-state index contributed by atoms with van der Waals surface area (Å²) in [6.45, 7) is 3.86. The Morgan fingerprint density at radius 2 is 2.21 bits per heavy atom. The van der Waals surface area contributed by atoms with Crippen molar-refractivity contribution in [1.29, 1.82) is 0 Å². The Morgan fingerprint density at radius 3 is 2.79 bits per heavy atom. The van der Waals surface area contributed by atoms with E-state index in [0.29, 0.717) is 11.7 Å². The molecule has 0 aromatic carbocycles. The lowest BCUT2D eigenvalue weighted by Crippen LogP contribution is -2.21. The number of hydrogen-bond acceptors (Lipinski definition) is 3. The third-order valence-corrected chi connectivity index (χ3v) is 2.89. The summed E-state index contributed by atoms with van der Waals surface area (Å²) in [4.78, 5) is 15.5. The van der Waals surface area contributed by atoms with Gasteiger partial charge >= 0.3 is 6.09 Å². The van der Waals surface area contributed by atoms with E-state index in [9.17, 15) is 4.79 Å². The zero-order valence-corrected chi connectivity index (χ0v) is 12.9. The van der Waals surface area contributed by atoms with Gasteiger partial charge in [0, 0.05) is 6.20 Å². The van der Waals surface area contributed by atoms with E-state index in [4.69, 9.17) is 39.5 Å². The molecule has 0 aliphatic rings. The first-order chi connectivity index (χ1) is 8.81. The normalized spacial score (nSPS) is 12.9. The van der Waals surface area contributed by atoms with E-state index in [1.165, 1.54) is 0 Å². The molecule has 1 unspecified atom stereocenters. The largest absolute Gasteiger partial charge is 0.445 e. The van der Waals surface area contributed by atoms with E-state index in [0.717, 1.165) is 12.0 Å². The van der Waals surface area contributed by atoms with Gasteiger partial charge in [0.15, 0.2) is 0 Å². The van der Waals surface area contributed by atoms with Gasteiger partial charge < -0.3 is 4.74 Å². The van der Waals surface area contributed by atoms with Crippen LogP contribution in [-0.4, -0.2) is 21.5 Å². The smallest absolute Gasteiger partial charge is 0.412 e. The molecule has 1 amide bonds. The molecule has 4 nitrogen and oxygen atoms in total. The highest BCUT2D eigenvalue weighted by Crippen LogP contribution is 2.26. The van der Waals surface area contributed by atoms with E-state index in [2.05, 4.69) is 24.1 Å². The van der Waals surface area contributed by atoms with Crippen LogP contribution in [-0.2, 0) is 4.74 Å². The molecule has 1 N–H and O–H groups in total. The van der Waals surface area contributed by atoms with Gasteiger partial charge in [-0.15, -0.1) is 0 Å². The van der Waals surface area contributed by atoms with Crippen LogP contribution in [0.4, 0.5) is 10.6 Å². The van der Waals surface area contributed by atoms with Gasteiger partial charge in [-0.3, -0.25) is 5.32 Å². The fraction of sp³-hybridized carbons (Fsp3) is 0.500. The number of carbonyl (C=O) groups is 1. The van der Waals surface area contributed by atoms with Crippen molar-refractivity contribution in [1.82, 2.24) is 4.98 Å². The van der Waals surface area contributed by atoms with Gasteiger partial charge in [0.25, 0.3) is 0 Å². The molecule has 0 aliphatic heterocycles. The Hall–Kier alpha value is -0.710. The Morgan fingerprint density at radius 1 is 1.53 bits per heavy atom. The minimum atomic E-state index is -1.62. The standard InChI is InChI=1S/C12H15Cl3N2O2/c1-3-8(2)9-4-5-16-10(6-9)17-11(18)19-7-12(13,14)15/h4-6,8H,3,7H2,1-2H3,(H,16,17,18). The van der Waals surface area contributed by atoms with Crippen molar-refractivity contribution in [3.8, 4) is 0 Å². The van der Waals surface area contributed by atoms with Gasteiger partial charge in [-0.1, -0.05) is 48.7 Å². The van der Waals surface area contributed by atoms with Gasteiger partial charge in [-0.05, 0) is 30.0 Å². The van der Waals surface area contributed by atoms with Crippen molar-refractivity contribution in [2.75, 3.05) is 11.9 Å². The zero-order valence-electron chi connectivity index (χ0n) is 10.6. The van der Waals surface area contributed by atoms with E-state index >= 15 is 0 Å². The van der Waals surface area contributed by atoms with E-state index in [1.807, 2.05) is 6.07 Å². The second-order valence-corrected chi connectivity index (χ2v) is 6.62. The monoisotopic (exact) mass is 324 g/mol. The zero-order chi connectivity index (χ0) is 14.5. The number of amides is 1. The topological polar surface area (TPSA) is 51.2 Å². The average molecular weight is 326 g/mol. The first-order valence-electron chi connectivity index (χ1n) is 5.78. The lowest BCUT2D eigenvalue weighted by Gasteiger charge is -2.13. The number of alkyl halides is 3. The van der Waals surface area contributed by atoms with Gasteiger partial charge in [0.1, 0.15) is 12.4 Å². The molecule has 0 bridgehead atoms. The van der Waals surface area contributed by atoms with Crippen LogP contribution in [0.3, 0.4) is 0 Å². The number of nitrogens with zero attached hydrogens (tertiary/aromatic N) is 1. The summed E-state index contributed by atoms with van der Waals surface area (Å²) in [5.41, 5.74) is 1.09. The Bertz CT molecular complexity index is 435.